The van der Waals surface area contributed by atoms with Gasteiger partial charge in [0, 0.05) is 25.3 Å². The van der Waals surface area contributed by atoms with Crippen molar-refractivity contribution in [1.82, 2.24) is 20.2 Å². The molecule has 1 aromatic heterocycles. The Labute approximate surface area is 114 Å². The van der Waals surface area contributed by atoms with Crippen LogP contribution in [0.25, 0.3) is 0 Å². The van der Waals surface area contributed by atoms with Crippen molar-refractivity contribution >= 4 is 9.84 Å². The second-order valence-corrected chi connectivity index (χ2v) is 7.79. The number of rotatable bonds is 7. The minimum atomic E-state index is -3.24. The number of aryl methyl sites for hydroxylation is 1. The molecule has 3 N–H and O–H groups in total. The van der Waals surface area contributed by atoms with Crippen molar-refractivity contribution in [1.29, 1.82) is 0 Å². The zero-order valence-corrected chi connectivity index (χ0v) is 12.7. The molecule has 0 fully saturated rings. The molecule has 0 bridgehead atoms. The molecule has 1 rings (SSSR count). The molecule has 0 saturated heterocycles. The van der Waals surface area contributed by atoms with E-state index in [9.17, 15) is 8.42 Å². The van der Waals surface area contributed by atoms with Crippen molar-refractivity contribution in [2.24, 2.45) is 5.84 Å². The lowest BCUT2D eigenvalue weighted by molar-refractivity contribution is 0.398. The normalized spacial score (nSPS) is 14.6. The summed E-state index contributed by atoms with van der Waals surface area (Å²) in [7, 11) is -3.24. The molecule has 1 atom stereocenters. The molecule has 0 aromatic carbocycles. The fourth-order valence-electron chi connectivity index (χ4n) is 1.79. The van der Waals surface area contributed by atoms with Gasteiger partial charge in [-0.25, -0.2) is 13.4 Å². The maximum Gasteiger partial charge on any atom is 0.154 e. The van der Waals surface area contributed by atoms with Gasteiger partial charge >= 0.3 is 0 Å². The first kappa shape index (κ1) is 16.1. The van der Waals surface area contributed by atoms with E-state index in [0.717, 1.165) is 18.8 Å². The highest BCUT2D eigenvalue weighted by molar-refractivity contribution is 7.92. The Kier molecular flexibility index (Phi) is 5.05. The summed E-state index contributed by atoms with van der Waals surface area (Å²) in [5, 5.41) is 4.13. The third-order valence-electron chi connectivity index (χ3n) is 3.51. The number of hydrazine groups is 1. The van der Waals surface area contributed by atoms with E-state index in [2.05, 4.69) is 15.5 Å². The third-order valence-corrected chi connectivity index (χ3v) is 5.71. The zero-order chi connectivity index (χ0) is 14.7. The summed E-state index contributed by atoms with van der Waals surface area (Å²) in [6.07, 6.45) is 4.04. The molecule has 1 aromatic rings. The first-order valence-electron chi connectivity index (χ1n) is 6.26. The molecule has 0 aliphatic carbocycles. The predicted molar refractivity (Wildman–Crippen MR) is 74.1 cm³/mol. The van der Waals surface area contributed by atoms with E-state index in [1.807, 2.05) is 6.92 Å². The van der Waals surface area contributed by atoms with Gasteiger partial charge in [-0.15, -0.1) is 0 Å². The van der Waals surface area contributed by atoms with Gasteiger partial charge in [-0.3, -0.25) is 16.0 Å². The third kappa shape index (κ3) is 3.52. The minimum absolute atomic E-state index is 0.413. The van der Waals surface area contributed by atoms with Gasteiger partial charge in [0.05, 0.1) is 4.75 Å². The summed E-state index contributed by atoms with van der Waals surface area (Å²) in [5.74, 6) is 6.26. The number of nitrogens with one attached hydrogen (secondary N) is 1. The highest BCUT2D eigenvalue weighted by Gasteiger charge is 2.39. The molecule has 8 heteroatoms. The molecule has 0 saturated carbocycles. The molecule has 0 amide bonds. The lowest BCUT2D eigenvalue weighted by atomic mass is 10.0. The molecule has 0 aliphatic heterocycles. The van der Waals surface area contributed by atoms with Crippen LogP contribution in [0.4, 0.5) is 0 Å². The fraction of sp³-hybridized carbons (Fsp3) is 0.818. The Morgan fingerprint density at radius 2 is 2.16 bits per heavy atom. The maximum atomic E-state index is 11.9. The molecular weight excluding hydrogens is 266 g/mol. The predicted octanol–water partition coefficient (Wildman–Crippen LogP) is -0.114. The van der Waals surface area contributed by atoms with Crippen LogP contribution in [-0.2, 0) is 22.8 Å². The van der Waals surface area contributed by atoms with Gasteiger partial charge in [0.1, 0.15) is 12.2 Å². The molecule has 1 heterocycles. The molecule has 1 unspecified atom stereocenters. The lowest BCUT2D eigenvalue weighted by Crippen LogP contribution is -2.55. The van der Waals surface area contributed by atoms with E-state index in [-0.39, 0.29) is 0 Å². The summed E-state index contributed by atoms with van der Waals surface area (Å²) < 4.78 is 24.5. The number of nitrogens with zero attached hydrogens (tertiary/aromatic N) is 3. The Balaban J connectivity index is 2.97. The number of hydrogen-bond acceptors (Lipinski definition) is 6. The highest BCUT2D eigenvalue weighted by Crippen LogP contribution is 2.22. The molecule has 19 heavy (non-hydrogen) atoms. The van der Waals surface area contributed by atoms with Gasteiger partial charge in [-0.2, -0.15) is 5.10 Å². The van der Waals surface area contributed by atoms with Crippen LogP contribution in [0.3, 0.4) is 0 Å². The van der Waals surface area contributed by atoms with Crippen molar-refractivity contribution in [2.75, 3.05) is 6.26 Å². The van der Waals surface area contributed by atoms with Crippen molar-refractivity contribution < 1.29 is 8.42 Å². The van der Waals surface area contributed by atoms with Crippen LogP contribution in [-0.4, -0.2) is 40.2 Å². The molecule has 0 aliphatic rings. The van der Waals surface area contributed by atoms with E-state index in [1.165, 1.54) is 12.6 Å². The molecule has 0 spiro atoms. The van der Waals surface area contributed by atoms with Gasteiger partial charge < -0.3 is 0 Å². The topological polar surface area (TPSA) is 103 Å². The summed E-state index contributed by atoms with van der Waals surface area (Å²) >= 11 is 0. The highest BCUT2D eigenvalue weighted by atomic mass is 32.2. The number of hydrogen-bond donors (Lipinski definition) is 2. The smallest absolute Gasteiger partial charge is 0.154 e. The van der Waals surface area contributed by atoms with Crippen LogP contribution in [0.5, 0.6) is 0 Å². The second-order valence-electron chi connectivity index (χ2n) is 5.20. The average Bonchev–Trinajstić information content (AvgIpc) is 2.72. The standard InChI is InChI=1S/C11H23N5O2S/c1-5-6-16-10(13-8-14-16)7-9(15-12)11(2,3)19(4,17)18/h8-9,15H,5-7,12H2,1-4H3. The first-order chi connectivity index (χ1) is 8.74. The zero-order valence-electron chi connectivity index (χ0n) is 11.9. The van der Waals surface area contributed by atoms with E-state index >= 15 is 0 Å². The van der Waals surface area contributed by atoms with Crippen LogP contribution in [0.15, 0.2) is 6.33 Å². The van der Waals surface area contributed by atoms with Gasteiger partial charge in [-0.05, 0) is 20.3 Å². The van der Waals surface area contributed by atoms with Gasteiger partial charge in [0.2, 0.25) is 0 Å². The quantitative estimate of drug-likeness (QED) is 0.536. The van der Waals surface area contributed by atoms with E-state index in [4.69, 9.17) is 5.84 Å². The van der Waals surface area contributed by atoms with E-state index in [1.54, 1.807) is 18.5 Å². The van der Waals surface area contributed by atoms with Crippen LogP contribution < -0.4 is 11.3 Å². The van der Waals surface area contributed by atoms with Gasteiger partial charge in [-0.1, -0.05) is 6.92 Å². The van der Waals surface area contributed by atoms with E-state index in [0.29, 0.717) is 6.42 Å². The fourth-order valence-corrected chi connectivity index (χ4v) is 2.46. The van der Waals surface area contributed by atoms with Crippen molar-refractivity contribution in [3.63, 3.8) is 0 Å². The summed E-state index contributed by atoms with van der Waals surface area (Å²) in [6.45, 7) is 6.12. The number of aromatic nitrogens is 3. The van der Waals surface area contributed by atoms with Crippen LogP contribution in [0.1, 0.15) is 33.0 Å². The van der Waals surface area contributed by atoms with Gasteiger partial charge in [0.25, 0.3) is 0 Å². The van der Waals surface area contributed by atoms with Crippen LogP contribution in [0.2, 0.25) is 0 Å². The number of nitrogens with two attached hydrogens (primary N) is 1. The average molecular weight is 289 g/mol. The Hall–Kier alpha value is -0.990. The Bertz CT molecular complexity index is 509. The summed E-state index contributed by atoms with van der Waals surface area (Å²) in [6, 6.07) is -0.428. The van der Waals surface area contributed by atoms with Crippen molar-refractivity contribution in [2.45, 2.75) is 50.9 Å². The van der Waals surface area contributed by atoms with Crippen molar-refractivity contribution in [3.05, 3.63) is 12.2 Å². The molecule has 0 radical (unpaired) electrons. The Morgan fingerprint density at radius 3 is 2.63 bits per heavy atom. The lowest BCUT2D eigenvalue weighted by Gasteiger charge is -2.31. The van der Waals surface area contributed by atoms with E-state index < -0.39 is 20.6 Å². The van der Waals surface area contributed by atoms with Crippen molar-refractivity contribution in [3.8, 4) is 0 Å². The first-order valence-corrected chi connectivity index (χ1v) is 8.15. The molecule has 7 nitrogen and oxygen atoms in total. The van der Waals surface area contributed by atoms with Gasteiger partial charge in [0.15, 0.2) is 9.84 Å². The Morgan fingerprint density at radius 1 is 1.53 bits per heavy atom. The summed E-state index contributed by atoms with van der Waals surface area (Å²) in [4.78, 5) is 4.18. The van der Waals surface area contributed by atoms with Crippen LogP contribution in [0, 0.1) is 0 Å². The monoisotopic (exact) mass is 289 g/mol. The largest absolute Gasteiger partial charge is 0.271 e. The number of sulfone groups is 1. The SMILES string of the molecule is CCCn1ncnc1CC(NN)C(C)(C)S(C)(=O)=O. The molecular formula is C11H23N5O2S. The second kappa shape index (κ2) is 5.98. The maximum absolute atomic E-state index is 11.9. The molecule has 110 valence electrons. The van der Waals surface area contributed by atoms with Crippen LogP contribution >= 0.6 is 0 Å². The minimum Gasteiger partial charge on any atom is -0.271 e. The summed E-state index contributed by atoms with van der Waals surface area (Å²) in [5.41, 5.74) is 2.60.